The highest BCUT2D eigenvalue weighted by molar-refractivity contribution is 5.98. The molecule has 9 heteroatoms. The van der Waals surface area contributed by atoms with Gasteiger partial charge in [-0.25, -0.2) is 14.2 Å². The van der Waals surface area contributed by atoms with E-state index < -0.39 is 23.3 Å². The maximum Gasteiger partial charge on any atom is 0.410 e. The van der Waals surface area contributed by atoms with Gasteiger partial charge in [0.2, 0.25) is 0 Å². The number of rotatable bonds is 9. The predicted molar refractivity (Wildman–Crippen MR) is 120 cm³/mol. The Balaban J connectivity index is 2.03. The minimum Gasteiger partial charge on any atom is -0.497 e. The molecule has 2 N–H and O–H groups in total. The van der Waals surface area contributed by atoms with Crippen molar-refractivity contribution in [3.8, 4) is 17.2 Å². The molecule has 0 aliphatic heterocycles. The number of ether oxygens (including phenoxy) is 3. The van der Waals surface area contributed by atoms with E-state index in [1.807, 2.05) is 24.3 Å². The van der Waals surface area contributed by atoms with Gasteiger partial charge in [0.25, 0.3) is 0 Å². The number of halogens is 1. The lowest BCUT2D eigenvalue weighted by molar-refractivity contribution is 0.101. The van der Waals surface area contributed by atoms with Crippen LogP contribution >= 0.6 is 0 Å². The maximum atomic E-state index is 15.5. The van der Waals surface area contributed by atoms with Gasteiger partial charge in [-0.1, -0.05) is 24.3 Å². The highest BCUT2D eigenvalue weighted by Crippen LogP contribution is 2.30. The number of hydrogen-bond acceptors (Lipinski definition) is 7. The molecule has 0 aliphatic carbocycles. The van der Waals surface area contributed by atoms with Crippen molar-refractivity contribution in [2.75, 3.05) is 19.1 Å². The molecule has 0 aliphatic rings. The number of nitrogens with two attached hydrogens (primary N) is 1. The molecule has 3 aromatic rings. The number of ketones is 1. The van der Waals surface area contributed by atoms with Crippen LogP contribution in [0, 0.1) is 5.82 Å². The number of primary amides is 1. The summed E-state index contributed by atoms with van der Waals surface area (Å²) in [7, 11) is 3.15. The Kier molecular flexibility index (Phi) is 7.45. The second kappa shape index (κ2) is 10.4. The van der Waals surface area contributed by atoms with Gasteiger partial charge >= 0.3 is 6.09 Å². The Morgan fingerprint density at radius 2 is 1.42 bits per heavy atom. The third-order valence-corrected chi connectivity index (χ3v) is 4.89. The van der Waals surface area contributed by atoms with Crippen LogP contribution in [0.1, 0.15) is 28.4 Å². The molecule has 8 nitrogen and oxygen atoms in total. The Morgan fingerprint density at radius 1 is 0.939 bits per heavy atom. The van der Waals surface area contributed by atoms with Crippen LogP contribution < -0.4 is 24.8 Å². The number of carbonyl (C=O) groups excluding carboxylic acids is 2. The van der Waals surface area contributed by atoms with Crippen molar-refractivity contribution in [3.05, 3.63) is 77.2 Å². The van der Waals surface area contributed by atoms with Crippen LogP contribution in [0.5, 0.6) is 17.2 Å². The van der Waals surface area contributed by atoms with Crippen LogP contribution in [-0.4, -0.2) is 31.1 Å². The second-order valence-corrected chi connectivity index (χ2v) is 7.16. The molecule has 172 valence electrons. The summed E-state index contributed by atoms with van der Waals surface area (Å²) in [5, 5.41) is 0. The number of aromatic nitrogens is 1. The molecule has 0 saturated carbocycles. The largest absolute Gasteiger partial charge is 0.497 e. The first-order valence-electron chi connectivity index (χ1n) is 10.00. The summed E-state index contributed by atoms with van der Waals surface area (Å²) >= 11 is 0. The molecule has 0 bridgehead atoms. The smallest absolute Gasteiger partial charge is 0.410 e. The van der Waals surface area contributed by atoms with Gasteiger partial charge in [-0.15, -0.1) is 0 Å². The maximum absolute atomic E-state index is 15.5. The summed E-state index contributed by atoms with van der Waals surface area (Å²) < 4.78 is 30.7. The zero-order valence-corrected chi connectivity index (χ0v) is 18.5. The van der Waals surface area contributed by atoms with Crippen LogP contribution in [0.15, 0.2) is 54.7 Å². The summed E-state index contributed by atoms with van der Waals surface area (Å²) in [5.41, 5.74) is 6.38. The molecule has 1 amide bonds. The van der Waals surface area contributed by atoms with Crippen LogP contribution in [-0.2, 0) is 13.1 Å². The van der Waals surface area contributed by atoms with Crippen molar-refractivity contribution in [2.24, 2.45) is 5.73 Å². The van der Waals surface area contributed by atoms with Gasteiger partial charge in [-0.05, 0) is 42.3 Å². The van der Waals surface area contributed by atoms with Gasteiger partial charge in [0.05, 0.1) is 20.4 Å². The molecule has 0 saturated heterocycles. The first kappa shape index (κ1) is 23.5. The highest BCUT2D eigenvalue weighted by atomic mass is 19.1. The van der Waals surface area contributed by atoms with E-state index in [0.29, 0.717) is 11.5 Å². The number of pyridine rings is 1. The van der Waals surface area contributed by atoms with E-state index in [4.69, 9.17) is 19.9 Å². The van der Waals surface area contributed by atoms with Crippen LogP contribution in [0.2, 0.25) is 0 Å². The summed E-state index contributed by atoms with van der Waals surface area (Å²) in [5.74, 6) is -0.536. The average Bonchev–Trinajstić information content (AvgIpc) is 2.79. The zero-order chi connectivity index (χ0) is 24.0. The number of nitrogens with zero attached hydrogens (tertiary/aromatic N) is 2. The topological polar surface area (TPSA) is 104 Å². The van der Waals surface area contributed by atoms with E-state index in [2.05, 4.69) is 4.98 Å². The number of methoxy groups -OCH3 is 2. The van der Waals surface area contributed by atoms with Gasteiger partial charge in [0, 0.05) is 13.1 Å². The Morgan fingerprint density at radius 3 is 1.82 bits per heavy atom. The minimum absolute atomic E-state index is 0.0661. The summed E-state index contributed by atoms with van der Waals surface area (Å²) in [4.78, 5) is 29.2. The lowest BCUT2D eigenvalue weighted by Crippen LogP contribution is -2.26. The Labute approximate surface area is 190 Å². The van der Waals surface area contributed by atoms with E-state index in [9.17, 15) is 9.59 Å². The molecule has 0 spiro atoms. The third-order valence-electron chi connectivity index (χ3n) is 4.89. The molecule has 3 rings (SSSR count). The normalized spacial score (nSPS) is 10.4. The van der Waals surface area contributed by atoms with Crippen molar-refractivity contribution in [1.29, 1.82) is 0 Å². The monoisotopic (exact) mass is 453 g/mol. The SMILES string of the molecule is COc1ccc(CN(Cc2ccc(OC)cc2)c2ncc(OC(N)=O)c(C(C)=O)c2F)cc1. The Bertz CT molecular complexity index is 1080. The zero-order valence-electron chi connectivity index (χ0n) is 18.5. The third kappa shape index (κ3) is 5.76. The van der Waals surface area contributed by atoms with Crippen LogP contribution in [0.3, 0.4) is 0 Å². The number of amides is 1. The molecular weight excluding hydrogens is 429 g/mol. The van der Waals surface area contributed by atoms with E-state index in [-0.39, 0.29) is 24.7 Å². The van der Waals surface area contributed by atoms with Gasteiger partial charge in [-0.3, -0.25) is 4.79 Å². The number of carbonyl (C=O) groups is 2. The molecule has 0 unspecified atom stereocenters. The number of anilines is 1. The second-order valence-electron chi connectivity index (χ2n) is 7.16. The molecule has 0 fully saturated rings. The van der Waals surface area contributed by atoms with E-state index in [0.717, 1.165) is 17.3 Å². The van der Waals surface area contributed by atoms with E-state index in [1.54, 1.807) is 43.4 Å². The number of benzene rings is 2. The summed E-state index contributed by atoms with van der Waals surface area (Å²) in [6, 6.07) is 14.6. The van der Waals surface area contributed by atoms with Crippen molar-refractivity contribution >= 4 is 17.7 Å². The lowest BCUT2D eigenvalue weighted by atomic mass is 10.1. The van der Waals surface area contributed by atoms with Crippen molar-refractivity contribution < 1.29 is 28.2 Å². The Hall–Kier alpha value is -4.14. The molecule has 1 aromatic heterocycles. The molecule has 33 heavy (non-hydrogen) atoms. The summed E-state index contributed by atoms with van der Waals surface area (Å²) in [6.07, 6.45) is -0.0469. The number of hydrogen-bond donors (Lipinski definition) is 1. The van der Waals surface area contributed by atoms with E-state index >= 15 is 4.39 Å². The number of Topliss-reactive ketones (excluding diaryl/α,β-unsaturated/α-hetero) is 1. The van der Waals surface area contributed by atoms with Gasteiger partial charge in [-0.2, -0.15) is 0 Å². The first-order chi connectivity index (χ1) is 15.8. The molecular formula is C24H24FN3O5. The van der Waals surface area contributed by atoms with Crippen molar-refractivity contribution in [3.63, 3.8) is 0 Å². The minimum atomic E-state index is -1.17. The highest BCUT2D eigenvalue weighted by Gasteiger charge is 2.24. The van der Waals surface area contributed by atoms with Crippen LogP contribution in [0.4, 0.5) is 15.0 Å². The molecule has 0 atom stereocenters. The fourth-order valence-corrected chi connectivity index (χ4v) is 3.30. The quantitative estimate of drug-likeness (QED) is 0.486. The lowest BCUT2D eigenvalue weighted by Gasteiger charge is -2.25. The standard InChI is InChI=1S/C24H24FN3O5/c1-15(29)21-20(33-24(26)30)12-27-23(22(21)25)28(13-16-4-8-18(31-2)9-5-16)14-17-6-10-19(32-3)11-7-17/h4-12H,13-14H2,1-3H3,(H2,26,30). The first-order valence-corrected chi connectivity index (χ1v) is 10.00. The molecule has 2 aromatic carbocycles. The van der Waals surface area contributed by atoms with Crippen molar-refractivity contribution in [1.82, 2.24) is 4.98 Å². The van der Waals surface area contributed by atoms with E-state index in [1.165, 1.54) is 6.92 Å². The fourth-order valence-electron chi connectivity index (χ4n) is 3.30. The predicted octanol–water partition coefficient (Wildman–Crippen LogP) is 4.10. The fraction of sp³-hybridized carbons (Fsp3) is 0.208. The van der Waals surface area contributed by atoms with Gasteiger partial charge < -0.3 is 24.8 Å². The molecule has 0 radical (unpaired) electrons. The van der Waals surface area contributed by atoms with Crippen LogP contribution in [0.25, 0.3) is 0 Å². The van der Waals surface area contributed by atoms with Gasteiger partial charge in [0.1, 0.15) is 17.1 Å². The van der Waals surface area contributed by atoms with Gasteiger partial charge in [0.15, 0.2) is 23.2 Å². The average molecular weight is 453 g/mol. The summed E-state index contributed by atoms with van der Waals surface area (Å²) in [6.45, 7) is 1.74. The molecule has 1 heterocycles. The van der Waals surface area contributed by atoms with Crippen molar-refractivity contribution in [2.45, 2.75) is 20.0 Å².